The predicted molar refractivity (Wildman–Crippen MR) is 123 cm³/mol. The quantitative estimate of drug-likeness (QED) is 0.264. The zero-order valence-corrected chi connectivity index (χ0v) is 18.2. The third kappa shape index (κ3) is 5.67. The molecule has 2 aromatic carbocycles. The van der Waals surface area contributed by atoms with Gasteiger partial charge in [-0.25, -0.2) is 9.97 Å². The molecule has 0 aliphatic heterocycles. The number of hydrogen-bond donors (Lipinski definition) is 0. The van der Waals surface area contributed by atoms with E-state index in [9.17, 15) is 0 Å². The standard InChI is InChI=1S/C26H31ClN2/c1-3-5-8-13-20-18-28-26(29-19-20)25(23(27)4-2)24(21-14-9-6-10-15-21)22-16-11-7-12-17-22/h6-7,9-12,14-19,23-25H,3-5,8,13H2,1-2H3. The van der Waals surface area contributed by atoms with Gasteiger partial charge in [0.2, 0.25) is 0 Å². The molecule has 152 valence electrons. The lowest BCUT2D eigenvalue weighted by Gasteiger charge is -2.30. The number of hydrogen-bond acceptors (Lipinski definition) is 2. The number of aromatic nitrogens is 2. The van der Waals surface area contributed by atoms with Crippen LogP contribution in [0.25, 0.3) is 0 Å². The predicted octanol–water partition coefficient (Wildman–Crippen LogP) is 7.14. The van der Waals surface area contributed by atoms with Crippen LogP contribution >= 0.6 is 11.6 Å². The lowest BCUT2D eigenvalue weighted by atomic mass is 9.78. The molecular weight excluding hydrogens is 376 g/mol. The summed E-state index contributed by atoms with van der Waals surface area (Å²) in [4.78, 5) is 9.61. The Kier molecular flexibility index (Phi) is 8.25. The Morgan fingerprint density at radius 1 is 0.793 bits per heavy atom. The van der Waals surface area contributed by atoms with Gasteiger partial charge in [0.1, 0.15) is 5.82 Å². The van der Waals surface area contributed by atoms with Gasteiger partial charge in [-0.05, 0) is 36.0 Å². The van der Waals surface area contributed by atoms with E-state index in [0.29, 0.717) is 0 Å². The second-order valence-electron chi connectivity index (χ2n) is 7.66. The van der Waals surface area contributed by atoms with E-state index in [0.717, 1.165) is 18.7 Å². The van der Waals surface area contributed by atoms with Crippen LogP contribution in [-0.2, 0) is 6.42 Å². The van der Waals surface area contributed by atoms with Crippen molar-refractivity contribution in [2.45, 2.75) is 63.2 Å². The molecule has 0 saturated heterocycles. The average molecular weight is 407 g/mol. The Bertz CT molecular complexity index is 794. The number of benzene rings is 2. The van der Waals surface area contributed by atoms with E-state index in [-0.39, 0.29) is 17.2 Å². The molecule has 2 atom stereocenters. The number of nitrogens with zero attached hydrogens (tertiary/aromatic N) is 2. The summed E-state index contributed by atoms with van der Waals surface area (Å²) in [5.41, 5.74) is 3.70. The second-order valence-corrected chi connectivity index (χ2v) is 8.22. The summed E-state index contributed by atoms with van der Waals surface area (Å²) in [6, 6.07) is 21.2. The minimum Gasteiger partial charge on any atom is -0.241 e. The van der Waals surface area contributed by atoms with Crippen molar-refractivity contribution in [1.29, 1.82) is 0 Å². The molecule has 3 aromatic rings. The lowest BCUT2D eigenvalue weighted by Crippen LogP contribution is -2.24. The summed E-state index contributed by atoms with van der Waals surface area (Å²) in [5, 5.41) is -0.0497. The van der Waals surface area contributed by atoms with Crippen molar-refractivity contribution >= 4 is 11.6 Å². The van der Waals surface area contributed by atoms with E-state index >= 15 is 0 Å². The van der Waals surface area contributed by atoms with Crippen molar-refractivity contribution in [3.63, 3.8) is 0 Å². The number of alkyl halides is 1. The normalized spacial score (nSPS) is 13.4. The SMILES string of the molecule is CCCCCc1cnc(C(C(Cl)CC)C(c2ccccc2)c2ccccc2)nc1. The maximum absolute atomic E-state index is 6.92. The van der Waals surface area contributed by atoms with Crippen LogP contribution in [0.1, 0.15) is 73.9 Å². The van der Waals surface area contributed by atoms with Crippen molar-refractivity contribution < 1.29 is 0 Å². The summed E-state index contributed by atoms with van der Waals surface area (Å²) in [5.74, 6) is 0.964. The van der Waals surface area contributed by atoms with Gasteiger partial charge in [-0.1, -0.05) is 87.4 Å². The van der Waals surface area contributed by atoms with Crippen LogP contribution in [0.2, 0.25) is 0 Å². The molecule has 0 bridgehead atoms. The van der Waals surface area contributed by atoms with Crippen molar-refractivity contribution in [3.8, 4) is 0 Å². The monoisotopic (exact) mass is 406 g/mol. The largest absolute Gasteiger partial charge is 0.241 e. The van der Waals surface area contributed by atoms with Gasteiger partial charge < -0.3 is 0 Å². The first kappa shape index (κ1) is 21.5. The van der Waals surface area contributed by atoms with E-state index < -0.39 is 0 Å². The summed E-state index contributed by atoms with van der Waals surface area (Å²) in [7, 11) is 0. The van der Waals surface area contributed by atoms with Gasteiger partial charge in [0.25, 0.3) is 0 Å². The molecule has 2 unspecified atom stereocenters. The highest BCUT2D eigenvalue weighted by Gasteiger charge is 2.33. The Morgan fingerprint density at radius 3 is 1.83 bits per heavy atom. The molecule has 0 radical (unpaired) electrons. The average Bonchev–Trinajstić information content (AvgIpc) is 2.79. The van der Waals surface area contributed by atoms with Crippen molar-refractivity contribution in [3.05, 3.63) is 95.6 Å². The summed E-state index contributed by atoms with van der Waals surface area (Å²) >= 11 is 6.92. The fourth-order valence-corrected chi connectivity index (χ4v) is 4.20. The maximum Gasteiger partial charge on any atom is 0.133 e. The van der Waals surface area contributed by atoms with E-state index in [4.69, 9.17) is 21.6 Å². The van der Waals surface area contributed by atoms with Crippen LogP contribution in [0.5, 0.6) is 0 Å². The fraction of sp³-hybridized carbons (Fsp3) is 0.385. The second kappa shape index (κ2) is 11.1. The van der Waals surface area contributed by atoms with E-state index in [1.54, 1.807) is 0 Å². The van der Waals surface area contributed by atoms with Crippen molar-refractivity contribution in [2.24, 2.45) is 0 Å². The van der Waals surface area contributed by atoms with Crippen LogP contribution in [0, 0.1) is 0 Å². The molecular formula is C26H31ClN2. The first-order chi connectivity index (χ1) is 14.2. The van der Waals surface area contributed by atoms with E-state index in [1.807, 2.05) is 12.4 Å². The summed E-state index contributed by atoms with van der Waals surface area (Å²) < 4.78 is 0. The Labute approximate surface area is 180 Å². The molecule has 1 aromatic heterocycles. The molecule has 0 aliphatic rings. The fourth-order valence-electron chi connectivity index (χ4n) is 3.95. The molecule has 0 amide bonds. The Hall–Kier alpha value is -2.19. The molecule has 1 heterocycles. The third-order valence-electron chi connectivity index (χ3n) is 5.55. The molecule has 3 heteroatoms. The van der Waals surface area contributed by atoms with Gasteiger partial charge in [0.15, 0.2) is 0 Å². The molecule has 0 spiro atoms. The van der Waals surface area contributed by atoms with Crippen molar-refractivity contribution in [2.75, 3.05) is 0 Å². The maximum atomic E-state index is 6.92. The molecule has 0 aliphatic carbocycles. The van der Waals surface area contributed by atoms with Crippen LogP contribution < -0.4 is 0 Å². The van der Waals surface area contributed by atoms with E-state index in [2.05, 4.69) is 74.5 Å². The topological polar surface area (TPSA) is 25.8 Å². The van der Waals surface area contributed by atoms with Crippen LogP contribution in [0.3, 0.4) is 0 Å². The number of unbranched alkanes of at least 4 members (excludes halogenated alkanes) is 2. The number of aryl methyl sites for hydroxylation is 1. The van der Waals surface area contributed by atoms with Gasteiger partial charge in [0.05, 0.1) is 0 Å². The first-order valence-electron chi connectivity index (χ1n) is 10.8. The Balaban J connectivity index is 1.99. The molecule has 3 rings (SSSR count). The van der Waals surface area contributed by atoms with Gasteiger partial charge >= 0.3 is 0 Å². The minimum absolute atomic E-state index is 0.0103. The Morgan fingerprint density at radius 2 is 1.34 bits per heavy atom. The molecule has 0 fully saturated rings. The molecule has 0 saturated carbocycles. The molecule has 0 N–H and O–H groups in total. The summed E-state index contributed by atoms with van der Waals surface area (Å²) in [6.45, 7) is 4.36. The van der Waals surface area contributed by atoms with Crippen LogP contribution in [-0.4, -0.2) is 15.3 Å². The van der Waals surface area contributed by atoms with Gasteiger partial charge in [-0.15, -0.1) is 11.6 Å². The number of rotatable bonds is 10. The highest BCUT2D eigenvalue weighted by molar-refractivity contribution is 6.21. The number of halogens is 1. The zero-order valence-electron chi connectivity index (χ0n) is 17.5. The summed E-state index contributed by atoms with van der Waals surface area (Å²) in [6.07, 6.45) is 9.55. The van der Waals surface area contributed by atoms with E-state index in [1.165, 1.54) is 36.0 Å². The highest BCUT2D eigenvalue weighted by Crippen LogP contribution is 2.42. The zero-order chi connectivity index (χ0) is 20.5. The van der Waals surface area contributed by atoms with Crippen LogP contribution in [0.4, 0.5) is 0 Å². The molecule has 2 nitrogen and oxygen atoms in total. The first-order valence-corrected chi connectivity index (χ1v) is 11.2. The minimum atomic E-state index is -0.0497. The lowest BCUT2D eigenvalue weighted by molar-refractivity contribution is 0.529. The third-order valence-corrected chi connectivity index (χ3v) is 6.13. The van der Waals surface area contributed by atoms with Crippen molar-refractivity contribution in [1.82, 2.24) is 9.97 Å². The smallest absolute Gasteiger partial charge is 0.133 e. The van der Waals surface area contributed by atoms with Gasteiger partial charge in [-0.2, -0.15) is 0 Å². The highest BCUT2D eigenvalue weighted by atomic mass is 35.5. The van der Waals surface area contributed by atoms with Crippen LogP contribution in [0.15, 0.2) is 73.1 Å². The molecule has 29 heavy (non-hydrogen) atoms. The van der Waals surface area contributed by atoms with Gasteiger partial charge in [0, 0.05) is 29.6 Å². The van der Waals surface area contributed by atoms with Gasteiger partial charge in [-0.3, -0.25) is 0 Å².